The Bertz CT molecular complexity index is 1070. The molecule has 1 aliphatic rings. The standard InChI is InChI=1S/C20H23N7O3/c1-13(28)22-16-11-15(3-4-17(16)30-2)23-20(29)14-7-9-26(10-8-14)19-6-5-18-24-21-12-27(18)25-19/h3-6,11-12,14H,7-10H2,1-2H3,(H,22,28)(H,23,29). The molecular weight excluding hydrogens is 386 g/mol. The van der Waals surface area contributed by atoms with Gasteiger partial charge in [-0.3, -0.25) is 9.59 Å². The van der Waals surface area contributed by atoms with Crippen LogP contribution >= 0.6 is 0 Å². The normalized spacial score (nSPS) is 14.5. The van der Waals surface area contributed by atoms with Crippen molar-refractivity contribution in [2.24, 2.45) is 5.92 Å². The maximum Gasteiger partial charge on any atom is 0.227 e. The third-order valence-electron chi connectivity index (χ3n) is 5.12. The summed E-state index contributed by atoms with van der Waals surface area (Å²) in [7, 11) is 1.53. The highest BCUT2D eigenvalue weighted by molar-refractivity contribution is 5.95. The van der Waals surface area contributed by atoms with Gasteiger partial charge in [0.05, 0.1) is 12.8 Å². The topological polar surface area (TPSA) is 114 Å². The zero-order chi connectivity index (χ0) is 21.1. The van der Waals surface area contributed by atoms with E-state index in [4.69, 9.17) is 4.74 Å². The van der Waals surface area contributed by atoms with Gasteiger partial charge in [-0.1, -0.05) is 0 Å². The first kappa shape index (κ1) is 19.6. The Morgan fingerprint density at radius 2 is 1.93 bits per heavy atom. The van der Waals surface area contributed by atoms with Crippen molar-refractivity contribution >= 4 is 34.7 Å². The lowest BCUT2D eigenvalue weighted by Crippen LogP contribution is -2.38. The second kappa shape index (κ2) is 8.36. The van der Waals surface area contributed by atoms with E-state index in [-0.39, 0.29) is 17.7 Å². The Hall–Kier alpha value is -3.69. The first-order valence-corrected chi connectivity index (χ1v) is 9.72. The highest BCUT2D eigenvalue weighted by atomic mass is 16.5. The number of piperidine rings is 1. The van der Waals surface area contributed by atoms with Crippen molar-refractivity contribution in [3.8, 4) is 5.75 Å². The molecule has 30 heavy (non-hydrogen) atoms. The van der Waals surface area contributed by atoms with Crippen molar-refractivity contribution < 1.29 is 14.3 Å². The SMILES string of the molecule is COc1ccc(NC(=O)C2CCN(c3ccc4nncn4n3)CC2)cc1NC(C)=O. The van der Waals surface area contributed by atoms with Crippen molar-refractivity contribution in [1.29, 1.82) is 0 Å². The molecule has 156 valence electrons. The molecule has 0 atom stereocenters. The molecule has 2 aromatic heterocycles. The summed E-state index contributed by atoms with van der Waals surface area (Å²) in [6.45, 7) is 2.89. The number of hydrogen-bond donors (Lipinski definition) is 2. The van der Waals surface area contributed by atoms with E-state index in [0.717, 1.165) is 31.7 Å². The molecule has 10 nitrogen and oxygen atoms in total. The van der Waals surface area contributed by atoms with Crippen LogP contribution in [0.5, 0.6) is 5.75 Å². The molecule has 4 rings (SSSR count). The summed E-state index contributed by atoms with van der Waals surface area (Å²) in [5.74, 6) is 1.05. The number of anilines is 3. The highest BCUT2D eigenvalue weighted by Crippen LogP contribution is 2.29. The van der Waals surface area contributed by atoms with Crippen LogP contribution in [0.1, 0.15) is 19.8 Å². The molecule has 0 saturated carbocycles. The summed E-state index contributed by atoms with van der Waals surface area (Å²) >= 11 is 0. The number of nitrogens with zero attached hydrogens (tertiary/aromatic N) is 5. The van der Waals surface area contributed by atoms with Crippen molar-refractivity contribution in [2.75, 3.05) is 35.7 Å². The molecule has 1 aliphatic heterocycles. The number of aromatic nitrogens is 4. The van der Waals surface area contributed by atoms with Gasteiger partial charge in [-0.05, 0) is 43.2 Å². The van der Waals surface area contributed by atoms with E-state index >= 15 is 0 Å². The van der Waals surface area contributed by atoms with E-state index in [1.807, 2.05) is 12.1 Å². The minimum atomic E-state index is -0.206. The van der Waals surface area contributed by atoms with Gasteiger partial charge in [0.15, 0.2) is 5.65 Å². The van der Waals surface area contributed by atoms with Gasteiger partial charge < -0.3 is 20.3 Å². The van der Waals surface area contributed by atoms with Crippen molar-refractivity contribution in [1.82, 2.24) is 19.8 Å². The van der Waals surface area contributed by atoms with Crippen molar-refractivity contribution in [3.05, 3.63) is 36.7 Å². The average Bonchev–Trinajstić information content (AvgIpc) is 3.21. The highest BCUT2D eigenvalue weighted by Gasteiger charge is 2.26. The second-order valence-electron chi connectivity index (χ2n) is 7.17. The van der Waals surface area contributed by atoms with Crippen LogP contribution in [0, 0.1) is 5.92 Å². The minimum Gasteiger partial charge on any atom is -0.495 e. The Labute approximate surface area is 173 Å². The molecule has 3 aromatic rings. The van der Waals surface area contributed by atoms with Gasteiger partial charge in [-0.2, -0.15) is 4.52 Å². The van der Waals surface area contributed by atoms with Gasteiger partial charge in [0.1, 0.15) is 17.9 Å². The lowest BCUT2D eigenvalue weighted by molar-refractivity contribution is -0.120. The molecule has 0 spiro atoms. The van der Waals surface area contributed by atoms with Gasteiger partial charge in [0, 0.05) is 31.6 Å². The van der Waals surface area contributed by atoms with E-state index in [0.29, 0.717) is 22.8 Å². The molecule has 2 N–H and O–H groups in total. The van der Waals surface area contributed by atoms with E-state index in [1.165, 1.54) is 14.0 Å². The van der Waals surface area contributed by atoms with Gasteiger partial charge >= 0.3 is 0 Å². The number of nitrogens with one attached hydrogen (secondary N) is 2. The number of ether oxygens (including phenoxy) is 1. The zero-order valence-corrected chi connectivity index (χ0v) is 16.8. The summed E-state index contributed by atoms with van der Waals surface area (Å²) in [5, 5.41) is 18.0. The van der Waals surface area contributed by atoms with E-state index in [9.17, 15) is 9.59 Å². The molecule has 0 radical (unpaired) electrons. The van der Waals surface area contributed by atoms with Crippen LogP contribution in [0.25, 0.3) is 5.65 Å². The summed E-state index contributed by atoms with van der Waals surface area (Å²) in [6.07, 6.45) is 3.02. The van der Waals surface area contributed by atoms with E-state index in [2.05, 4.69) is 30.8 Å². The molecular formula is C20H23N7O3. The molecule has 1 saturated heterocycles. The molecule has 10 heteroatoms. The fraction of sp³-hybridized carbons (Fsp3) is 0.350. The van der Waals surface area contributed by atoms with E-state index < -0.39 is 0 Å². The van der Waals surface area contributed by atoms with Crippen LogP contribution in [-0.4, -0.2) is 51.8 Å². The molecule has 3 heterocycles. The average molecular weight is 409 g/mol. The molecule has 0 bridgehead atoms. The third-order valence-corrected chi connectivity index (χ3v) is 5.12. The summed E-state index contributed by atoms with van der Waals surface area (Å²) < 4.78 is 6.89. The number of methoxy groups -OCH3 is 1. The van der Waals surface area contributed by atoms with Crippen LogP contribution in [0.3, 0.4) is 0 Å². The van der Waals surface area contributed by atoms with Crippen LogP contribution < -0.4 is 20.3 Å². The molecule has 0 unspecified atom stereocenters. The number of fused-ring (bicyclic) bond motifs is 1. The molecule has 1 fully saturated rings. The molecule has 1 aromatic carbocycles. The number of hydrogen-bond acceptors (Lipinski definition) is 7. The van der Waals surface area contributed by atoms with Crippen LogP contribution in [0.15, 0.2) is 36.7 Å². The maximum atomic E-state index is 12.8. The number of carbonyl (C=O) groups excluding carboxylic acids is 2. The van der Waals surface area contributed by atoms with Gasteiger partial charge in [-0.15, -0.1) is 15.3 Å². The van der Waals surface area contributed by atoms with Gasteiger partial charge in [0.2, 0.25) is 11.8 Å². The monoisotopic (exact) mass is 409 g/mol. The molecule has 0 aliphatic carbocycles. The Balaban J connectivity index is 1.38. The predicted molar refractivity (Wildman–Crippen MR) is 112 cm³/mol. The first-order chi connectivity index (χ1) is 14.5. The Morgan fingerprint density at radius 3 is 2.67 bits per heavy atom. The van der Waals surface area contributed by atoms with Gasteiger partial charge in [0.25, 0.3) is 0 Å². The summed E-state index contributed by atoms with van der Waals surface area (Å²) in [4.78, 5) is 26.3. The summed E-state index contributed by atoms with van der Waals surface area (Å²) in [5.41, 5.74) is 1.84. The molecule has 2 amide bonds. The quantitative estimate of drug-likeness (QED) is 0.662. The number of rotatable bonds is 5. The number of benzene rings is 1. The smallest absolute Gasteiger partial charge is 0.227 e. The maximum absolute atomic E-state index is 12.8. The van der Waals surface area contributed by atoms with Crippen molar-refractivity contribution in [2.45, 2.75) is 19.8 Å². The largest absolute Gasteiger partial charge is 0.495 e. The lowest BCUT2D eigenvalue weighted by atomic mass is 9.95. The fourth-order valence-corrected chi connectivity index (χ4v) is 3.58. The lowest BCUT2D eigenvalue weighted by Gasteiger charge is -2.32. The van der Waals surface area contributed by atoms with Crippen LogP contribution in [-0.2, 0) is 9.59 Å². The number of carbonyl (C=O) groups is 2. The van der Waals surface area contributed by atoms with E-state index in [1.54, 1.807) is 29.0 Å². The number of amides is 2. The zero-order valence-electron chi connectivity index (χ0n) is 16.8. The third kappa shape index (κ3) is 4.17. The Kier molecular flexibility index (Phi) is 5.46. The van der Waals surface area contributed by atoms with Crippen molar-refractivity contribution in [3.63, 3.8) is 0 Å². The predicted octanol–water partition coefficient (Wildman–Crippen LogP) is 1.95. The van der Waals surface area contributed by atoms with Crippen LogP contribution in [0.2, 0.25) is 0 Å². The summed E-state index contributed by atoms with van der Waals surface area (Å²) in [6, 6.07) is 8.98. The second-order valence-corrected chi connectivity index (χ2v) is 7.17. The van der Waals surface area contributed by atoms with Gasteiger partial charge in [-0.25, -0.2) is 0 Å². The fourth-order valence-electron chi connectivity index (χ4n) is 3.58. The Morgan fingerprint density at radius 1 is 1.13 bits per heavy atom. The van der Waals surface area contributed by atoms with Crippen LogP contribution in [0.4, 0.5) is 17.2 Å². The minimum absolute atomic E-state index is 0.0317. The first-order valence-electron chi connectivity index (χ1n) is 9.72.